The zero-order chi connectivity index (χ0) is 12.5. The molecule has 4 heteroatoms. The SMILES string of the molecule is CC(=O)OC1=C(C)C(C)(C)C(C(N)=O)CC1. The van der Waals surface area contributed by atoms with E-state index in [1.165, 1.54) is 6.92 Å². The van der Waals surface area contributed by atoms with E-state index in [0.29, 0.717) is 18.6 Å². The summed E-state index contributed by atoms with van der Waals surface area (Å²) in [6.45, 7) is 7.20. The number of primary amides is 1. The quantitative estimate of drug-likeness (QED) is 0.728. The van der Waals surface area contributed by atoms with Gasteiger partial charge >= 0.3 is 5.97 Å². The van der Waals surface area contributed by atoms with Crippen LogP contribution in [-0.4, -0.2) is 11.9 Å². The van der Waals surface area contributed by atoms with Crippen LogP contribution in [-0.2, 0) is 14.3 Å². The average Bonchev–Trinajstić information content (AvgIpc) is 2.11. The third-order valence-corrected chi connectivity index (χ3v) is 3.53. The number of ether oxygens (including phenoxy) is 1. The maximum absolute atomic E-state index is 11.3. The second-order valence-corrected chi connectivity index (χ2v) is 4.86. The fourth-order valence-electron chi connectivity index (χ4n) is 2.24. The molecule has 0 aromatic carbocycles. The van der Waals surface area contributed by atoms with E-state index in [1.807, 2.05) is 20.8 Å². The monoisotopic (exact) mass is 225 g/mol. The molecular weight excluding hydrogens is 206 g/mol. The molecular formula is C12H19NO3. The molecule has 1 amide bonds. The maximum Gasteiger partial charge on any atom is 0.307 e. The van der Waals surface area contributed by atoms with Gasteiger partial charge in [0.2, 0.25) is 5.91 Å². The molecule has 1 rings (SSSR count). The standard InChI is InChI=1S/C12H19NO3/c1-7-10(16-8(2)14)6-5-9(11(13)15)12(7,3)4/h9H,5-6H2,1-4H3,(H2,13,15). The van der Waals surface area contributed by atoms with Crippen molar-refractivity contribution in [1.29, 1.82) is 0 Å². The number of amides is 1. The van der Waals surface area contributed by atoms with Crippen molar-refractivity contribution in [1.82, 2.24) is 0 Å². The highest BCUT2D eigenvalue weighted by Crippen LogP contribution is 2.44. The molecule has 2 N–H and O–H groups in total. The van der Waals surface area contributed by atoms with Crippen molar-refractivity contribution < 1.29 is 14.3 Å². The van der Waals surface area contributed by atoms with Crippen molar-refractivity contribution in [3.63, 3.8) is 0 Å². The van der Waals surface area contributed by atoms with Gasteiger partial charge in [-0.15, -0.1) is 0 Å². The molecule has 0 saturated heterocycles. The molecule has 0 fully saturated rings. The van der Waals surface area contributed by atoms with Gasteiger partial charge in [0.05, 0.1) is 0 Å². The summed E-state index contributed by atoms with van der Waals surface area (Å²) < 4.78 is 5.16. The second-order valence-electron chi connectivity index (χ2n) is 4.86. The topological polar surface area (TPSA) is 69.4 Å². The molecule has 0 saturated carbocycles. The number of esters is 1. The minimum absolute atomic E-state index is 0.188. The van der Waals surface area contributed by atoms with Gasteiger partial charge in [-0.25, -0.2) is 0 Å². The van der Waals surface area contributed by atoms with Gasteiger partial charge in [0.1, 0.15) is 5.76 Å². The highest BCUT2D eigenvalue weighted by atomic mass is 16.5. The minimum Gasteiger partial charge on any atom is -0.431 e. The van der Waals surface area contributed by atoms with Gasteiger partial charge < -0.3 is 10.5 Å². The van der Waals surface area contributed by atoms with Gasteiger partial charge in [-0.1, -0.05) is 13.8 Å². The molecule has 0 radical (unpaired) electrons. The molecule has 4 nitrogen and oxygen atoms in total. The summed E-state index contributed by atoms with van der Waals surface area (Å²) in [5.41, 5.74) is 5.99. The van der Waals surface area contributed by atoms with Crippen LogP contribution in [0.2, 0.25) is 0 Å². The minimum atomic E-state index is -0.338. The first kappa shape index (κ1) is 12.7. The summed E-state index contributed by atoms with van der Waals surface area (Å²) in [5.74, 6) is -0.101. The van der Waals surface area contributed by atoms with Crippen LogP contribution in [0.25, 0.3) is 0 Å². The lowest BCUT2D eigenvalue weighted by Crippen LogP contribution is -2.39. The highest BCUT2D eigenvalue weighted by molar-refractivity contribution is 5.78. The lowest BCUT2D eigenvalue weighted by Gasteiger charge is -2.38. The number of hydrogen-bond donors (Lipinski definition) is 1. The third kappa shape index (κ3) is 2.26. The Morgan fingerprint density at radius 2 is 2.00 bits per heavy atom. The smallest absolute Gasteiger partial charge is 0.307 e. The summed E-state index contributed by atoms with van der Waals surface area (Å²) in [4.78, 5) is 22.3. The first-order valence-corrected chi connectivity index (χ1v) is 5.44. The van der Waals surface area contributed by atoms with Crippen LogP contribution < -0.4 is 5.73 Å². The summed E-state index contributed by atoms with van der Waals surface area (Å²) in [6, 6.07) is 0. The maximum atomic E-state index is 11.3. The molecule has 0 heterocycles. The van der Waals surface area contributed by atoms with Crippen LogP contribution in [0.1, 0.15) is 40.5 Å². The van der Waals surface area contributed by atoms with E-state index in [4.69, 9.17) is 10.5 Å². The average molecular weight is 225 g/mol. The Kier molecular flexibility index (Phi) is 3.41. The van der Waals surface area contributed by atoms with Crippen LogP contribution in [0.5, 0.6) is 0 Å². The Bertz CT molecular complexity index is 355. The molecule has 1 atom stereocenters. The molecule has 1 aliphatic rings. The number of rotatable bonds is 2. The third-order valence-electron chi connectivity index (χ3n) is 3.53. The van der Waals surface area contributed by atoms with E-state index in [2.05, 4.69) is 0 Å². The van der Waals surface area contributed by atoms with Crippen LogP contribution in [0.3, 0.4) is 0 Å². The summed E-state index contributed by atoms with van der Waals surface area (Å²) in [7, 11) is 0. The molecule has 90 valence electrons. The Labute approximate surface area is 95.8 Å². The lowest BCUT2D eigenvalue weighted by molar-refractivity contribution is -0.137. The number of carbonyl (C=O) groups is 2. The van der Waals surface area contributed by atoms with E-state index in [9.17, 15) is 9.59 Å². The fourth-order valence-corrected chi connectivity index (χ4v) is 2.24. The molecule has 1 unspecified atom stereocenters. The Hall–Kier alpha value is -1.32. The highest BCUT2D eigenvalue weighted by Gasteiger charge is 2.40. The molecule has 16 heavy (non-hydrogen) atoms. The zero-order valence-electron chi connectivity index (χ0n) is 10.3. The number of nitrogens with two attached hydrogens (primary N) is 1. The Morgan fingerprint density at radius 3 is 2.44 bits per heavy atom. The first-order valence-electron chi connectivity index (χ1n) is 5.44. The molecule has 0 aromatic rings. The molecule has 0 spiro atoms. The van der Waals surface area contributed by atoms with Crippen LogP contribution in [0.15, 0.2) is 11.3 Å². The molecule has 0 aromatic heterocycles. The van der Waals surface area contributed by atoms with Crippen molar-refractivity contribution in [2.45, 2.75) is 40.5 Å². The predicted octanol–water partition coefficient (Wildman–Crippen LogP) is 1.74. The van der Waals surface area contributed by atoms with Crippen LogP contribution >= 0.6 is 0 Å². The molecule has 1 aliphatic carbocycles. The van der Waals surface area contributed by atoms with Crippen molar-refractivity contribution >= 4 is 11.9 Å². The van der Waals surface area contributed by atoms with Crippen molar-refractivity contribution in [3.8, 4) is 0 Å². The van der Waals surface area contributed by atoms with Crippen molar-refractivity contribution in [2.75, 3.05) is 0 Å². The van der Waals surface area contributed by atoms with Crippen LogP contribution in [0.4, 0.5) is 0 Å². The van der Waals surface area contributed by atoms with Gasteiger partial charge in [-0.05, 0) is 18.9 Å². The lowest BCUT2D eigenvalue weighted by atomic mass is 9.67. The fraction of sp³-hybridized carbons (Fsp3) is 0.667. The number of hydrogen-bond acceptors (Lipinski definition) is 3. The van der Waals surface area contributed by atoms with E-state index in [0.717, 1.165) is 5.57 Å². The van der Waals surface area contributed by atoms with Gasteiger partial charge in [-0.2, -0.15) is 0 Å². The van der Waals surface area contributed by atoms with E-state index >= 15 is 0 Å². The number of allylic oxidation sites excluding steroid dienone is 2. The van der Waals surface area contributed by atoms with Gasteiger partial charge in [0.15, 0.2) is 0 Å². The first-order chi connectivity index (χ1) is 7.26. The van der Waals surface area contributed by atoms with Crippen molar-refractivity contribution in [2.24, 2.45) is 17.1 Å². The molecule has 0 bridgehead atoms. The van der Waals surface area contributed by atoms with E-state index in [-0.39, 0.29) is 23.2 Å². The predicted molar refractivity (Wildman–Crippen MR) is 60.2 cm³/mol. The molecule has 0 aliphatic heterocycles. The number of carbonyl (C=O) groups excluding carboxylic acids is 2. The zero-order valence-corrected chi connectivity index (χ0v) is 10.3. The summed E-state index contributed by atoms with van der Waals surface area (Å²) >= 11 is 0. The summed E-state index contributed by atoms with van der Waals surface area (Å²) in [5, 5.41) is 0. The van der Waals surface area contributed by atoms with Gasteiger partial charge in [-0.3, -0.25) is 9.59 Å². The second kappa shape index (κ2) is 4.28. The summed E-state index contributed by atoms with van der Waals surface area (Å²) in [6.07, 6.45) is 1.24. The normalized spacial score (nSPS) is 24.1. The van der Waals surface area contributed by atoms with Gasteiger partial charge in [0.25, 0.3) is 0 Å². The van der Waals surface area contributed by atoms with E-state index in [1.54, 1.807) is 0 Å². The van der Waals surface area contributed by atoms with Crippen LogP contribution in [0, 0.1) is 11.3 Å². The Morgan fingerprint density at radius 1 is 1.44 bits per heavy atom. The van der Waals surface area contributed by atoms with Crippen molar-refractivity contribution in [3.05, 3.63) is 11.3 Å². The van der Waals surface area contributed by atoms with E-state index < -0.39 is 0 Å². The Balaban J connectivity index is 3.04. The largest absolute Gasteiger partial charge is 0.431 e. The van der Waals surface area contributed by atoms with Gasteiger partial charge in [0, 0.05) is 24.7 Å².